The van der Waals surface area contributed by atoms with Crippen LogP contribution in [0.25, 0.3) is 0 Å². The van der Waals surface area contributed by atoms with Crippen LogP contribution in [0.5, 0.6) is 0 Å². The van der Waals surface area contributed by atoms with E-state index in [1.807, 2.05) is 12.5 Å². The highest BCUT2D eigenvalue weighted by Gasteiger charge is 2.30. The minimum Gasteiger partial charge on any atom is -0.325 e. The Labute approximate surface area is 79.1 Å². The Morgan fingerprint density at radius 2 is 2.31 bits per heavy atom. The van der Waals surface area contributed by atoms with Crippen molar-refractivity contribution in [3.8, 4) is 0 Å². The van der Waals surface area contributed by atoms with E-state index in [1.165, 1.54) is 12.1 Å². The molecule has 1 aromatic heterocycles. The number of fused-ring (bicyclic) bond motifs is 1. The predicted octanol–water partition coefficient (Wildman–Crippen LogP) is 1.96. The average Bonchev–Trinajstić information content (AvgIpc) is 2.48. The molecule has 3 heteroatoms. The van der Waals surface area contributed by atoms with Gasteiger partial charge in [0.05, 0.1) is 11.9 Å². The van der Waals surface area contributed by atoms with Crippen LogP contribution in [0.1, 0.15) is 38.8 Å². The first-order valence-corrected chi connectivity index (χ1v) is 4.85. The lowest BCUT2D eigenvalue weighted by Crippen LogP contribution is -2.32. The Morgan fingerprint density at radius 1 is 1.54 bits per heavy atom. The second-order valence-electron chi connectivity index (χ2n) is 4.80. The number of aromatic nitrogens is 2. The van der Waals surface area contributed by atoms with Gasteiger partial charge in [-0.05, 0) is 11.8 Å². The van der Waals surface area contributed by atoms with E-state index in [2.05, 4.69) is 35.9 Å². The van der Waals surface area contributed by atoms with Crippen LogP contribution in [-0.4, -0.2) is 16.2 Å². The first-order chi connectivity index (χ1) is 6.09. The van der Waals surface area contributed by atoms with Crippen LogP contribution in [0.15, 0.2) is 12.5 Å². The molecule has 0 bridgehead atoms. The molecule has 72 valence electrons. The maximum Gasteiger partial charge on any atom is 0.114 e. The quantitative estimate of drug-likeness (QED) is 0.659. The average molecular weight is 179 g/mol. The van der Waals surface area contributed by atoms with Gasteiger partial charge < -0.3 is 5.43 Å². The highest BCUT2D eigenvalue weighted by Crippen LogP contribution is 2.38. The van der Waals surface area contributed by atoms with E-state index in [9.17, 15) is 0 Å². The van der Waals surface area contributed by atoms with E-state index in [-0.39, 0.29) is 0 Å². The topological polar surface area (TPSA) is 29.9 Å². The molecule has 0 saturated heterocycles. The standard InChI is InChI=1S/C10H17N3/c1-10(2,3)8-4-5-12-13-7-11-6-9(8)13/h6-8,12H,4-5H2,1-3H3. The molecular weight excluding hydrogens is 162 g/mol. The van der Waals surface area contributed by atoms with Crippen molar-refractivity contribution in [2.24, 2.45) is 5.41 Å². The molecule has 0 spiro atoms. The van der Waals surface area contributed by atoms with E-state index in [4.69, 9.17) is 0 Å². The first-order valence-electron chi connectivity index (χ1n) is 4.85. The van der Waals surface area contributed by atoms with Gasteiger partial charge in [0.2, 0.25) is 0 Å². The zero-order valence-electron chi connectivity index (χ0n) is 8.54. The maximum atomic E-state index is 4.17. The molecule has 0 saturated carbocycles. The van der Waals surface area contributed by atoms with Crippen LogP contribution in [-0.2, 0) is 0 Å². The Bertz CT molecular complexity index is 295. The van der Waals surface area contributed by atoms with Gasteiger partial charge in [0.1, 0.15) is 6.33 Å². The number of rotatable bonds is 0. The summed E-state index contributed by atoms with van der Waals surface area (Å²) in [5, 5.41) is 0. The Kier molecular flexibility index (Phi) is 1.82. The van der Waals surface area contributed by atoms with Crippen molar-refractivity contribution in [1.29, 1.82) is 0 Å². The molecule has 1 N–H and O–H groups in total. The molecule has 0 radical (unpaired) electrons. The van der Waals surface area contributed by atoms with Crippen LogP contribution >= 0.6 is 0 Å². The SMILES string of the molecule is CC(C)(C)C1CCNn2cncc21. The van der Waals surface area contributed by atoms with Gasteiger partial charge in [0.25, 0.3) is 0 Å². The summed E-state index contributed by atoms with van der Waals surface area (Å²) < 4.78 is 2.05. The third kappa shape index (κ3) is 1.43. The number of hydrogen-bond acceptors (Lipinski definition) is 2. The molecule has 1 aromatic rings. The number of imidazole rings is 1. The summed E-state index contributed by atoms with van der Waals surface area (Å²) in [5.41, 5.74) is 4.95. The minimum absolute atomic E-state index is 0.333. The van der Waals surface area contributed by atoms with E-state index >= 15 is 0 Å². The van der Waals surface area contributed by atoms with E-state index in [1.54, 1.807) is 0 Å². The zero-order chi connectivity index (χ0) is 9.47. The van der Waals surface area contributed by atoms with E-state index in [0.29, 0.717) is 11.3 Å². The van der Waals surface area contributed by atoms with Gasteiger partial charge in [-0.25, -0.2) is 4.98 Å². The normalized spacial score (nSPS) is 22.2. The summed E-state index contributed by atoms with van der Waals surface area (Å²) in [4.78, 5) is 4.17. The molecule has 0 aromatic carbocycles. The third-order valence-corrected chi connectivity index (χ3v) is 2.78. The summed E-state index contributed by atoms with van der Waals surface area (Å²) in [6.45, 7) is 7.92. The van der Waals surface area contributed by atoms with Gasteiger partial charge in [-0.1, -0.05) is 20.8 Å². The van der Waals surface area contributed by atoms with Crippen LogP contribution in [0.4, 0.5) is 0 Å². The van der Waals surface area contributed by atoms with Gasteiger partial charge in [0, 0.05) is 12.5 Å². The minimum atomic E-state index is 0.333. The Hall–Kier alpha value is -0.990. The van der Waals surface area contributed by atoms with E-state index < -0.39 is 0 Å². The molecule has 1 unspecified atom stereocenters. The predicted molar refractivity (Wildman–Crippen MR) is 53.3 cm³/mol. The fourth-order valence-electron chi connectivity index (χ4n) is 2.05. The molecule has 1 aliphatic heterocycles. The molecule has 0 aliphatic carbocycles. The Balaban J connectivity index is 2.35. The van der Waals surface area contributed by atoms with Crippen molar-refractivity contribution in [3.05, 3.63) is 18.2 Å². The fourth-order valence-corrected chi connectivity index (χ4v) is 2.05. The lowest BCUT2D eigenvalue weighted by Gasteiger charge is -2.34. The molecule has 1 atom stereocenters. The smallest absolute Gasteiger partial charge is 0.114 e. The zero-order valence-corrected chi connectivity index (χ0v) is 8.54. The van der Waals surface area contributed by atoms with Gasteiger partial charge in [-0.3, -0.25) is 4.68 Å². The molecule has 0 amide bonds. The van der Waals surface area contributed by atoms with Crippen molar-refractivity contribution < 1.29 is 0 Å². The van der Waals surface area contributed by atoms with Crippen LogP contribution < -0.4 is 5.43 Å². The molecule has 13 heavy (non-hydrogen) atoms. The summed E-state index contributed by atoms with van der Waals surface area (Å²) in [6.07, 6.45) is 5.03. The molecule has 3 nitrogen and oxygen atoms in total. The summed E-state index contributed by atoms with van der Waals surface area (Å²) >= 11 is 0. The van der Waals surface area contributed by atoms with Gasteiger partial charge in [-0.15, -0.1) is 0 Å². The monoisotopic (exact) mass is 179 g/mol. The maximum absolute atomic E-state index is 4.17. The first kappa shape index (κ1) is 8.60. The third-order valence-electron chi connectivity index (χ3n) is 2.78. The lowest BCUT2D eigenvalue weighted by molar-refractivity contribution is 0.286. The highest BCUT2D eigenvalue weighted by atomic mass is 15.4. The number of hydrogen-bond donors (Lipinski definition) is 1. The Morgan fingerprint density at radius 3 is 3.00 bits per heavy atom. The summed E-state index contributed by atoms with van der Waals surface area (Å²) in [6, 6.07) is 0. The molecule has 0 fully saturated rings. The highest BCUT2D eigenvalue weighted by molar-refractivity contribution is 5.14. The molecular formula is C10H17N3. The van der Waals surface area contributed by atoms with Crippen LogP contribution in [0.3, 0.4) is 0 Å². The molecule has 1 aliphatic rings. The second-order valence-corrected chi connectivity index (χ2v) is 4.80. The fraction of sp³-hybridized carbons (Fsp3) is 0.700. The summed E-state index contributed by atoms with van der Waals surface area (Å²) in [7, 11) is 0. The number of nitrogens with zero attached hydrogens (tertiary/aromatic N) is 2. The van der Waals surface area contributed by atoms with Gasteiger partial charge in [-0.2, -0.15) is 0 Å². The van der Waals surface area contributed by atoms with E-state index in [0.717, 1.165) is 6.54 Å². The summed E-state index contributed by atoms with van der Waals surface area (Å²) in [5.74, 6) is 0.622. The van der Waals surface area contributed by atoms with Crippen LogP contribution in [0, 0.1) is 5.41 Å². The van der Waals surface area contributed by atoms with Gasteiger partial charge in [0.15, 0.2) is 0 Å². The van der Waals surface area contributed by atoms with Crippen LogP contribution in [0.2, 0.25) is 0 Å². The van der Waals surface area contributed by atoms with Crippen molar-refractivity contribution >= 4 is 0 Å². The van der Waals surface area contributed by atoms with Crippen molar-refractivity contribution in [2.45, 2.75) is 33.1 Å². The van der Waals surface area contributed by atoms with Crippen molar-refractivity contribution in [1.82, 2.24) is 9.66 Å². The number of nitrogens with one attached hydrogen (secondary N) is 1. The largest absolute Gasteiger partial charge is 0.325 e. The molecule has 2 heterocycles. The lowest BCUT2D eigenvalue weighted by atomic mass is 9.76. The van der Waals surface area contributed by atoms with Crippen molar-refractivity contribution in [2.75, 3.05) is 12.0 Å². The van der Waals surface area contributed by atoms with Gasteiger partial charge >= 0.3 is 0 Å². The second kappa shape index (κ2) is 2.76. The molecule has 2 rings (SSSR count). The van der Waals surface area contributed by atoms with Crippen molar-refractivity contribution in [3.63, 3.8) is 0 Å².